The molecule has 6 nitrogen and oxygen atoms in total. The molecule has 1 aromatic carbocycles. The number of nitrogens with one attached hydrogen (secondary N) is 1. The number of rotatable bonds is 5. The summed E-state index contributed by atoms with van der Waals surface area (Å²) in [5, 5.41) is 7.92. The highest BCUT2D eigenvalue weighted by molar-refractivity contribution is 5.54. The summed E-state index contributed by atoms with van der Waals surface area (Å²) >= 11 is 0. The smallest absolute Gasteiger partial charge is 0.226 e. The molecule has 0 radical (unpaired) electrons. The molecule has 0 spiro atoms. The summed E-state index contributed by atoms with van der Waals surface area (Å²) in [5.41, 5.74) is 2.83. The maximum atomic E-state index is 5.59. The van der Waals surface area contributed by atoms with Crippen LogP contribution in [0, 0.1) is 0 Å². The lowest BCUT2D eigenvalue weighted by Gasteiger charge is -2.13. The van der Waals surface area contributed by atoms with E-state index in [2.05, 4.69) is 42.2 Å². The highest BCUT2D eigenvalue weighted by atomic mass is 16.5. The lowest BCUT2D eigenvalue weighted by atomic mass is 9.92. The first-order valence-corrected chi connectivity index (χ1v) is 8.24. The summed E-state index contributed by atoms with van der Waals surface area (Å²) < 4.78 is 12.6. The molecule has 0 fully saturated rings. The molecule has 1 N–H and O–H groups in total. The standard InChI is InChI=1S/C19H24N4O2/c1-19(2,3)16-10-17(23(4)22-16)20-11-14-12-25-18(21-14)13-6-8-15(24-5)9-7-13/h6-10,12,20H,11H2,1-5H3. The van der Waals surface area contributed by atoms with E-state index in [4.69, 9.17) is 9.15 Å². The molecule has 2 aromatic heterocycles. The summed E-state index contributed by atoms with van der Waals surface area (Å²) in [7, 11) is 3.58. The Hall–Kier alpha value is -2.76. The fourth-order valence-corrected chi connectivity index (χ4v) is 2.43. The van der Waals surface area contributed by atoms with Gasteiger partial charge in [0.1, 0.15) is 17.8 Å². The van der Waals surface area contributed by atoms with E-state index in [0.29, 0.717) is 12.4 Å². The van der Waals surface area contributed by atoms with Crippen LogP contribution >= 0.6 is 0 Å². The van der Waals surface area contributed by atoms with Gasteiger partial charge >= 0.3 is 0 Å². The Bertz CT molecular complexity index is 841. The number of aryl methyl sites for hydroxylation is 1. The molecule has 25 heavy (non-hydrogen) atoms. The SMILES string of the molecule is COc1ccc(-c2nc(CNc3cc(C(C)(C)C)nn3C)co2)cc1. The maximum Gasteiger partial charge on any atom is 0.226 e. The van der Waals surface area contributed by atoms with Crippen LogP contribution in [0.3, 0.4) is 0 Å². The van der Waals surface area contributed by atoms with Gasteiger partial charge in [0.2, 0.25) is 5.89 Å². The summed E-state index contributed by atoms with van der Waals surface area (Å²) in [4.78, 5) is 4.54. The van der Waals surface area contributed by atoms with E-state index in [1.54, 1.807) is 13.4 Å². The third kappa shape index (κ3) is 3.84. The van der Waals surface area contributed by atoms with Gasteiger partial charge in [-0.1, -0.05) is 20.8 Å². The number of anilines is 1. The van der Waals surface area contributed by atoms with Gasteiger partial charge in [0.25, 0.3) is 0 Å². The van der Waals surface area contributed by atoms with Gasteiger partial charge in [0, 0.05) is 24.1 Å². The molecule has 0 unspecified atom stereocenters. The molecule has 0 saturated carbocycles. The van der Waals surface area contributed by atoms with Crippen LogP contribution in [-0.2, 0) is 19.0 Å². The van der Waals surface area contributed by atoms with Gasteiger partial charge in [-0.25, -0.2) is 4.98 Å². The van der Waals surface area contributed by atoms with Crippen molar-refractivity contribution in [3.63, 3.8) is 0 Å². The van der Waals surface area contributed by atoms with Crippen LogP contribution in [0.25, 0.3) is 11.5 Å². The van der Waals surface area contributed by atoms with Gasteiger partial charge in [-0.2, -0.15) is 5.10 Å². The number of hydrogen-bond acceptors (Lipinski definition) is 5. The van der Waals surface area contributed by atoms with Gasteiger partial charge in [-0.05, 0) is 24.3 Å². The zero-order chi connectivity index (χ0) is 18.0. The Balaban J connectivity index is 1.68. The van der Waals surface area contributed by atoms with Crippen molar-refractivity contribution in [2.75, 3.05) is 12.4 Å². The van der Waals surface area contributed by atoms with Crippen molar-refractivity contribution in [2.45, 2.75) is 32.7 Å². The van der Waals surface area contributed by atoms with E-state index in [0.717, 1.165) is 28.5 Å². The van der Waals surface area contributed by atoms with Crippen molar-refractivity contribution >= 4 is 5.82 Å². The Labute approximate surface area is 147 Å². The van der Waals surface area contributed by atoms with Crippen LogP contribution in [0.5, 0.6) is 5.75 Å². The third-order valence-electron chi connectivity index (χ3n) is 3.99. The van der Waals surface area contributed by atoms with Crippen molar-refractivity contribution in [2.24, 2.45) is 7.05 Å². The lowest BCUT2D eigenvalue weighted by molar-refractivity contribution is 0.415. The monoisotopic (exact) mass is 340 g/mol. The van der Waals surface area contributed by atoms with Crippen LogP contribution in [0.4, 0.5) is 5.82 Å². The Kier molecular flexibility index (Phi) is 4.53. The zero-order valence-electron chi connectivity index (χ0n) is 15.3. The molecular weight excluding hydrogens is 316 g/mol. The molecule has 0 aliphatic rings. The molecule has 0 aliphatic heterocycles. The van der Waals surface area contributed by atoms with Gasteiger partial charge in [-0.3, -0.25) is 4.68 Å². The molecular formula is C19H24N4O2. The van der Waals surface area contributed by atoms with Crippen molar-refractivity contribution in [3.05, 3.63) is 48.0 Å². The number of oxazole rings is 1. The van der Waals surface area contributed by atoms with Gasteiger partial charge in [-0.15, -0.1) is 0 Å². The first-order chi connectivity index (χ1) is 11.9. The number of nitrogens with zero attached hydrogens (tertiary/aromatic N) is 3. The summed E-state index contributed by atoms with van der Waals surface area (Å²) in [5.74, 6) is 2.36. The van der Waals surface area contributed by atoms with Gasteiger partial charge in [0.15, 0.2) is 0 Å². The average molecular weight is 340 g/mol. The Morgan fingerprint density at radius 1 is 1.20 bits per heavy atom. The quantitative estimate of drug-likeness (QED) is 0.761. The van der Waals surface area contributed by atoms with E-state index >= 15 is 0 Å². The fraction of sp³-hybridized carbons (Fsp3) is 0.368. The van der Waals surface area contributed by atoms with Crippen molar-refractivity contribution < 1.29 is 9.15 Å². The summed E-state index contributed by atoms with van der Waals surface area (Å²) in [6.45, 7) is 7.02. The van der Waals surface area contributed by atoms with E-state index in [1.165, 1.54) is 0 Å². The number of methoxy groups -OCH3 is 1. The highest BCUT2D eigenvalue weighted by Crippen LogP contribution is 2.24. The molecule has 3 rings (SSSR count). The van der Waals surface area contributed by atoms with E-state index in [9.17, 15) is 0 Å². The molecule has 132 valence electrons. The molecule has 3 aromatic rings. The molecule has 0 bridgehead atoms. The predicted molar refractivity (Wildman–Crippen MR) is 97.7 cm³/mol. The lowest BCUT2D eigenvalue weighted by Crippen LogP contribution is -2.12. The number of hydrogen-bond donors (Lipinski definition) is 1. The maximum absolute atomic E-state index is 5.59. The number of benzene rings is 1. The molecule has 0 atom stereocenters. The molecule has 0 amide bonds. The summed E-state index contributed by atoms with van der Waals surface area (Å²) in [6, 6.07) is 9.71. The second kappa shape index (κ2) is 6.63. The minimum absolute atomic E-state index is 0.0209. The first-order valence-electron chi connectivity index (χ1n) is 8.24. The first kappa shape index (κ1) is 17.1. The van der Waals surface area contributed by atoms with Crippen LogP contribution in [0.2, 0.25) is 0 Å². The largest absolute Gasteiger partial charge is 0.497 e. The molecule has 0 saturated heterocycles. The minimum atomic E-state index is 0.0209. The Morgan fingerprint density at radius 2 is 1.92 bits per heavy atom. The summed E-state index contributed by atoms with van der Waals surface area (Å²) in [6.07, 6.45) is 1.67. The van der Waals surface area contributed by atoms with Crippen molar-refractivity contribution in [3.8, 4) is 17.2 Å². The molecule has 0 aliphatic carbocycles. The normalized spacial score (nSPS) is 11.6. The van der Waals surface area contributed by atoms with Crippen molar-refractivity contribution in [1.82, 2.24) is 14.8 Å². The predicted octanol–water partition coefficient (Wildman–Crippen LogP) is 3.99. The van der Waals surface area contributed by atoms with Gasteiger partial charge < -0.3 is 14.5 Å². The van der Waals surface area contributed by atoms with E-state index in [-0.39, 0.29) is 5.41 Å². The average Bonchev–Trinajstić information content (AvgIpc) is 3.19. The number of aromatic nitrogens is 3. The zero-order valence-corrected chi connectivity index (χ0v) is 15.3. The van der Waals surface area contributed by atoms with Crippen LogP contribution < -0.4 is 10.1 Å². The van der Waals surface area contributed by atoms with Crippen LogP contribution in [0.15, 0.2) is 41.0 Å². The van der Waals surface area contributed by atoms with Crippen molar-refractivity contribution in [1.29, 1.82) is 0 Å². The highest BCUT2D eigenvalue weighted by Gasteiger charge is 2.19. The third-order valence-corrected chi connectivity index (χ3v) is 3.99. The van der Waals surface area contributed by atoms with Crippen LogP contribution in [0.1, 0.15) is 32.2 Å². The fourth-order valence-electron chi connectivity index (χ4n) is 2.43. The second-order valence-electron chi connectivity index (χ2n) is 7.01. The van der Waals surface area contributed by atoms with E-state index in [1.807, 2.05) is 36.0 Å². The molecule has 2 heterocycles. The second-order valence-corrected chi connectivity index (χ2v) is 7.01. The van der Waals surface area contributed by atoms with Crippen LogP contribution in [-0.4, -0.2) is 21.9 Å². The molecule has 6 heteroatoms. The van der Waals surface area contributed by atoms with Gasteiger partial charge in [0.05, 0.1) is 25.0 Å². The van der Waals surface area contributed by atoms with E-state index < -0.39 is 0 Å². The topological polar surface area (TPSA) is 65.1 Å². The number of ether oxygens (including phenoxy) is 1. The minimum Gasteiger partial charge on any atom is -0.497 e. The Morgan fingerprint density at radius 3 is 2.52 bits per heavy atom.